The normalized spacial score (nSPS) is 24.9. The third-order valence-corrected chi connectivity index (χ3v) is 8.53. The van der Waals surface area contributed by atoms with Crippen molar-refractivity contribution in [3.05, 3.63) is 197 Å². The van der Waals surface area contributed by atoms with Gasteiger partial charge in [-0.1, -0.05) is 153 Å². The topological polar surface area (TPSA) is 0 Å². The molecule has 0 heterocycles. The average molecular weight is 519 g/mol. The molecule has 2 aliphatic rings. The molecule has 2 aliphatic carbocycles. The Bertz CT molecular complexity index is 1620. The molecule has 0 fully saturated rings. The third-order valence-electron chi connectivity index (χ3n) is 8.53. The smallest absolute Gasteiger partial charge is 0.0695 e. The van der Waals surface area contributed by atoms with Gasteiger partial charge in [0.1, 0.15) is 0 Å². The SMILES string of the molecule is C=C/C(=C\C=C/C)C12C/C(=C\C=C/C(=C)C(C(/C=C\C)=C/C)(c3ccccc3)c3ccccc31)c1ccccc12. The molecule has 0 saturated heterocycles. The molecule has 0 radical (unpaired) electrons. The van der Waals surface area contributed by atoms with E-state index in [1.807, 2.05) is 0 Å². The fourth-order valence-electron chi connectivity index (χ4n) is 6.91. The van der Waals surface area contributed by atoms with Crippen molar-refractivity contribution in [3.63, 3.8) is 0 Å². The maximum Gasteiger partial charge on any atom is 0.0695 e. The van der Waals surface area contributed by atoms with Crippen LogP contribution in [0.3, 0.4) is 0 Å². The van der Waals surface area contributed by atoms with Crippen LogP contribution in [0.25, 0.3) is 5.57 Å². The molecule has 0 amide bonds. The summed E-state index contributed by atoms with van der Waals surface area (Å²) in [5.41, 5.74) is 10.1. The molecule has 0 aromatic heterocycles. The van der Waals surface area contributed by atoms with Gasteiger partial charge in [0, 0.05) is 0 Å². The van der Waals surface area contributed by atoms with Crippen LogP contribution < -0.4 is 0 Å². The van der Waals surface area contributed by atoms with Crippen LogP contribution in [0, 0.1) is 0 Å². The van der Waals surface area contributed by atoms with E-state index in [-0.39, 0.29) is 0 Å². The molecular formula is C40H38. The Balaban J connectivity index is 2.04. The molecule has 2 unspecified atom stereocenters. The minimum absolute atomic E-state index is 0.416. The van der Waals surface area contributed by atoms with Crippen molar-refractivity contribution >= 4 is 5.57 Å². The Morgan fingerprint density at radius 3 is 2.12 bits per heavy atom. The Morgan fingerprint density at radius 2 is 1.45 bits per heavy atom. The predicted octanol–water partition coefficient (Wildman–Crippen LogP) is 10.4. The molecule has 198 valence electrons. The molecule has 2 atom stereocenters. The van der Waals surface area contributed by atoms with Gasteiger partial charge in [0.15, 0.2) is 0 Å². The van der Waals surface area contributed by atoms with Crippen molar-refractivity contribution in [1.29, 1.82) is 0 Å². The van der Waals surface area contributed by atoms with Gasteiger partial charge >= 0.3 is 0 Å². The van der Waals surface area contributed by atoms with E-state index < -0.39 is 10.8 Å². The first kappa shape index (κ1) is 27.2. The summed E-state index contributed by atoms with van der Waals surface area (Å²) < 4.78 is 0. The molecule has 2 bridgehead atoms. The standard InChI is InChI=1S/C40H38/c1-6-10-22-32(8-3)39-29-31(35-25-14-15-26-36(35)39)21-18-20-30(5)40(33(9-4)19-7-2,34-23-12-11-13-24-34)38-28-17-16-27-37(38)39/h6-28H,3,5,29H2,1-2,4H3/b10-6-,19-7-,20-18-,31-21+,32-22+,33-9+. The van der Waals surface area contributed by atoms with Gasteiger partial charge < -0.3 is 0 Å². The largest absolute Gasteiger partial charge is 0.0987 e. The molecule has 0 aliphatic heterocycles. The quantitative estimate of drug-likeness (QED) is 0.285. The van der Waals surface area contributed by atoms with E-state index in [0.29, 0.717) is 0 Å². The van der Waals surface area contributed by atoms with Crippen LogP contribution in [-0.2, 0) is 10.8 Å². The minimum atomic E-state index is -0.599. The van der Waals surface area contributed by atoms with E-state index in [9.17, 15) is 0 Å². The molecule has 0 saturated carbocycles. The number of rotatable bonds is 6. The average Bonchev–Trinajstić information content (AvgIpc) is 3.32. The summed E-state index contributed by atoms with van der Waals surface area (Å²) in [6.07, 6.45) is 22.7. The van der Waals surface area contributed by atoms with Crippen LogP contribution in [0.15, 0.2) is 170 Å². The van der Waals surface area contributed by atoms with Crippen molar-refractivity contribution in [2.75, 3.05) is 0 Å². The Kier molecular flexibility index (Phi) is 7.71. The lowest BCUT2D eigenvalue weighted by Gasteiger charge is -2.43. The van der Waals surface area contributed by atoms with E-state index in [2.05, 4.69) is 167 Å². The Morgan fingerprint density at radius 1 is 0.775 bits per heavy atom. The van der Waals surface area contributed by atoms with Crippen LogP contribution in [0.1, 0.15) is 55.0 Å². The summed E-state index contributed by atoms with van der Waals surface area (Å²) in [5, 5.41) is 0. The van der Waals surface area contributed by atoms with Crippen LogP contribution in [0.5, 0.6) is 0 Å². The first-order valence-corrected chi connectivity index (χ1v) is 14.2. The van der Waals surface area contributed by atoms with E-state index in [1.165, 1.54) is 44.5 Å². The summed E-state index contributed by atoms with van der Waals surface area (Å²) in [5.74, 6) is 0. The predicted molar refractivity (Wildman–Crippen MR) is 173 cm³/mol. The third kappa shape index (κ3) is 4.07. The Labute approximate surface area is 240 Å². The fourth-order valence-corrected chi connectivity index (χ4v) is 6.91. The summed E-state index contributed by atoms with van der Waals surface area (Å²) >= 11 is 0. The molecular weight excluding hydrogens is 480 g/mol. The second-order valence-electron chi connectivity index (χ2n) is 10.5. The highest BCUT2D eigenvalue weighted by atomic mass is 14.5. The highest BCUT2D eigenvalue weighted by Gasteiger charge is 2.50. The lowest BCUT2D eigenvalue weighted by Crippen LogP contribution is -2.37. The zero-order chi connectivity index (χ0) is 28.2. The summed E-state index contributed by atoms with van der Waals surface area (Å²) in [7, 11) is 0. The molecule has 3 aromatic carbocycles. The first-order valence-electron chi connectivity index (χ1n) is 14.2. The monoisotopic (exact) mass is 518 g/mol. The second kappa shape index (κ2) is 11.4. The van der Waals surface area contributed by atoms with Crippen LogP contribution in [-0.4, -0.2) is 0 Å². The highest BCUT2D eigenvalue weighted by Crippen LogP contribution is 2.58. The van der Waals surface area contributed by atoms with Crippen molar-refractivity contribution in [2.24, 2.45) is 0 Å². The van der Waals surface area contributed by atoms with Gasteiger partial charge in [-0.15, -0.1) is 0 Å². The van der Waals surface area contributed by atoms with Crippen molar-refractivity contribution in [1.82, 2.24) is 0 Å². The number of benzene rings is 3. The van der Waals surface area contributed by atoms with Crippen molar-refractivity contribution < 1.29 is 0 Å². The van der Waals surface area contributed by atoms with Gasteiger partial charge in [-0.2, -0.15) is 0 Å². The zero-order valence-corrected chi connectivity index (χ0v) is 23.9. The molecule has 0 heteroatoms. The summed E-state index contributed by atoms with van der Waals surface area (Å²) in [6, 6.07) is 28.8. The van der Waals surface area contributed by atoms with Gasteiger partial charge in [-0.3, -0.25) is 0 Å². The maximum absolute atomic E-state index is 4.79. The number of allylic oxidation sites excluding steroid dienone is 14. The summed E-state index contributed by atoms with van der Waals surface area (Å²) in [6.45, 7) is 15.4. The van der Waals surface area contributed by atoms with Crippen molar-refractivity contribution in [3.8, 4) is 0 Å². The molecule has 40 heavy (non-hydrogen) atoms. The zero-order valence-electron chi connectivity index (χ0n) is 23.9. The molecule has 0 N–H and O–H groups in total. The number of hydrogen-bond acceptors (Lipinski definition) is 0. The minimum Gasteiger partial charge on any atom is -0.0987 e. The molecule has 5 rings (SSSR count). The fraction of sp³-hybridized carbons (Fsp3) is 0.150. The Hall–Kier alpha value is -4.42. The summed E-state index contributed by atoms with van der Waals surface area (Å²) in [4.78, 5) is 0. The highest BCUT2D eigenvalue weighted by molar-refractivity contribution is 5.83. The van der Waals surface area contributed by atoms with Gasteiger partial charge in [-0.25, -0.2) is 0 Å². The van der Waals surface area contributed by atoms with E-state index >= 15 is 0 Å². The second-order valence-corrected chi connectivity index (χ2v) is 10.5. The van der Waals surface area contributed by atoms with Gasteiger partial charge in [0.2, 0.25) is 0 Å². The van der Waals surface area contributed by atoms with Gasteiger partial charge in [-0.05, 0) is 77.3 Å². The van der Waals surface area contributed by atoms with Crippen molar-refractivity contribution in [2.45, 2.75) is 38.0 Å². The molecule has 3 aromatic rings. The molecule has 0 spiro atoms. The van der Waals surface area contributed by atoms with Crippen LogP contribution >= 0.6 is 0 Å². The maximum atomic E-state index is 4.79. The number of fused-ring (bicyclic) bond motifs is 7. The lowest BCUT2D eigenvalue weighted by atomic mass is 9.58. The van der Waals surface area contributed by atoms with Crippen LogP contribution in [0.2, 0.25) is 0 Å². The first-order chi connectivity index (χ1) is 19.6. The molecule has 0 nitrogen and oxygen atoms in total. The van der Waals surface area contributed by atoms with Gasteiger partial charge in [0.05, 0.1) is 10.8 Å². The van der Waals surface area contributed by atoms with Gasteiger partial charge in [0.25, 0.3) is 0 Å². The van der Waals surface area contributed by atoms with E-state index in [1.54, 1.807) is 0 Å². The lowest BCUT2D eigenvalue weighted by molar-refractivity contribution is 0.625. The van der Waals surface area contributed by atoms with Crippen LogP contribution in [0.4, 0.5) is 0 Å². The van der Waals surface area contributed by atoms with E-state index in [0.717, 1.165) is 12.0 Å². The van der Waals surface area contributed by atoms with E-state index in [4.69, 9.17) is 6.58 Å². The number of hydrogen-bond donors (Lipinski definition) is 0.